The molecular weight excluding hydrogens is 450 g/mol. The van der Waals surface area contributed by atoms with E-state index in [0.29, 0.717) is 16.3 Å². The van der Waals surface area contributed by atoms with Crippen LogP contribution >= 0.6 is 11.3 Å². The Balaban J connectivity index is 1.12. The number of rotatable bonds is 6. The summed E-state index contributed by atoms with van der Waals surface area (Å²) in [6, 6.07) is 14.5. The Morgan fingerprint density at radius 2 is 1.88 bits per heavy atom. The lowest BCUT2D eigenvalue weighted by Gasteiger charge is -2.24. The molecule has 6 rings (SSSR count). The number of hydrogen-bond acceptors (Lipinski definition) is 5. The van der Waals surface area contributed by atoms with Gasteiger partial charge in [-0.1, -0.05) is 36.4 Å². The first-order chi connectivity index (χ1) is 16.6. The molecule has 34 heavy (non-hydrogen) atoms. The lowest BCUT2D eigenvalue weighted by atomic mass is 10.0. The van der Waals surface area contributed by atoms with Crippen LogP contribution in [-0.4, -0.2) is 45.2 Å². The summed E-state index contributed by atoms with van der Waals surface area (Å²) >= 11 is 1.33. The average Bonchev–Trinajstić information content (AvgIpc) is 3.30. The molecule has 1 aliphatic heterocycles. The second-order valence-corrected chi connectivity index (χ2v) is 9.34. The molecule has 2 aromatic heterocycles. The summed E-state index contributed by atoms with van der Waals surface area (Å²) in [5.41, 5.74) is 4.01. The van der Waals surface area contributed by atoms with Gasteiger partial charge in [-0.3, -0.25) is 14.4 Å². The van der Waals surface area contributed by atoms with Crippen LogP contribution in [0.1, 0.15) is 34.8 Å². The molecule has 170 valence electrons. The Kier molecular flexibility index (Phi) is 4.91. The van der Waals surface area contributed by atoms with Gasteiger partial charge in [0.1, 0.15) is 6.04 Å². The molecule has 1 fully saturated rings. The summed E-state index contributed by atoms with van der Waals surface area (Å²) in [7, 11) is 0. The number of thiazole rings is 1. The fourth-order valence-corrected chi connectivity index (χ4v) is 5.23. The number of H-pyrrole nitrogens is 1. The molecular formula is C25H21N5O3S. The van der Waals surface area contributed by atoms with Gasteiger partial charge in [-0.25, -0.2) is 4.98 Å². The Morgan fingerprint density at radius 3 is 2.74 bits per heavy atom. The highest BCUT2D eigenvalue weighted by molar-refractivity contribution is 7.14. The third-order valence-corrected chi connectivity index (χ3v) is 6.98. The first-order valence-electron chi connectivity index (χ1n) is 11.1. The van der Waals surface area contributed by atoms with Gasteiger partial charge in [0.25, 0.3) is 5.91 Å². The van der Waals surface area contributed by atoms with Crippen LogP contribution < -0.4 is 10.6 Å². The maximum atomic E-state index is 13.0. The highest BCUT2D eigenvalue weighted by atomic mass is 32.1. The van der Waals surface area contributed by atoms with E-state index in [1.54, 1.807) is 17.0 Å². The van der Waals surface area contributed by atoms with Crippen molar-refractivity contribution in [2.45, 2.75) is 24.9 Å². The first-order valence-corrected chi connectivity index (χ1v) is 12.0. The molecule has 1 saturated carbocycles. The second-order valence-electron chi connectivity index (χ2n) is 8.49. The number of nitrogens with one attached hydrogen (secondary N) is 3. The summed E-state index contributed by atoms with van der Waals surface area (Å²) in [5.74, 6) is -0.835. The van der Waals surface area contributed by atoms with Gasteiger partial charge in [0.05, 0.1) is 12.2 Å². The third-order valence-electron chi connectivity index (χ3n) is 6.23. The average molecular weight is 472 g/mol. The van der Waals surface area contributed by atoms with Gasteiger partial charge < -0.3 is 20.5 Å². The Morgan fingerprint density at radius 1 is 1.09 bits per heavy atom. The molecule has 4 aromatic rings. The van der Waals surface area contributed by atoms with E-state index >= 15 is 0 Å². The monoisotopic (exact) mass is 471 g/mol. The summed E-state index contributed by atoms with van der Waals surface area (Å²) in [4.78, 5) is 47.8. The quantitative estimate of drug-likeness (QED) is 0.399. The number of carbonyl (C=O) groups excluding carboxylic acids is 3. The predicted octanol–water partition coefficient (Wildman–Crippen LogP) is 3.71. The van der Waals surface area contributed by atoms with Gasteiger partial charge in [-0.2, -0.15) is 0 Å². The van der Waals surface area contributed by atoms with E-state index in [0.717, 1.165) is 35.0 Å². The third kappa shape index (κ3) is 3.54. The number of carbonyl (C=O) groups is 3. The van der Waals surface area contributed by atoms with Crippen LogP contribution in [0.15, 0.2) is 60.1 Å². The molecule has 8 nitrogen and oxygen atoms in total. The molecule has 9 heteroatoms. The number of amides is 3. The van der Waals surface area contributed by atoms with Crippen molar-refractivity contribution in [1.29, 1.82) is 0 Å². The van der Waals surface area contributed by atoms with Crippen molar-refractivity contribution in [2.24, 2.45) is 0 Å². The zero-order valence-electron chi connectivity index (χ0n) is 18.1. The summed E-state index contributed by atoms with van der Waals surface area (Å²) in [6.07, 6.45) is 3.69. The lowest BCUT2D eigenvalue weighted by molar-refractivity contribution is -0.127. The molecule has 1 unspecified atom stereocenters. The highest BCUT2D eigenvalue weighted by Crippen LogP contribution is 2.41. The van der Waals surface area contributed by atoms with E-state index in [9.17, 15) is 14.4 Å². The molecule has 2 aromatic carbocycles. The largest absolute Gasteiger partial charge is 0.360 e. The van der Waals surface area contributed by atoms with Gasteiger partial charge in [0.15, 0.2) is 5.13 Å². The number of benzene rings is 2. The van der Waals surface area contributed by atoms with Gasteiger partial charge in [0, 0.05) is 39.6 Å². The summed E-state index contributed by atoms with van der Waals surface area (Å²) in [6.45, 7) is -0.202. The highest BCUT2D eigenvalue weighted by Gasteiger charge is 2.47. The maximum absolute atomic E-state index is 13.0. The van der Waals surface area contributed by atoms with Crippen molar-refractivity contribution in [3.05, 3.63) is 71.2 Å². The molecule has 3 heterocycles. The van der Waals surface area contributed by atoms with Crippen molar-refractivity contribution in [3.8, 4) is 11.3 Å². The smallest absolute Gasteiger partial charge is 0.255 e. The van der Waals surface area contributed by atoms with Crippen LogP contribution in [0.4, 0.5) is 5.13 Å². The Hall–Kier alpha value is -3.98. The SMILES string of the molecule is O=C(CNC(=O)C1c2ccccc2C(=O)N1C1CC1)Nc1nc(-c2c[nH]c3ccccc23)cs1. The minimum absolute atomic E-state index is 0.0859. The van der Waals surface area contributed by atoms with Crippen LogP contribution in [-0.2, 0) is 9.59 Å². The van der Waals surface area contributed by atoms with E-state index in [2.05, 4.69) is 20.6 Å². The number of para-hydroxylation sites is 1. The number of anilines is 1. The molecule has 0 bridgehead atoms. The molecule has 1 aliphatic carbocycles. The molecule has 0 radical (unpaired) electrons. The van der Waals surface area contributed by atoms with Crippen molar-refractivity contribution in [1.82, 2.24) is 20.2 Å². The predicted molar refractivity (Wildman–Crippen MR) is 129 cm³/mol. The number of fused-ring (bicyclic) bond motifs is 2. The van der Waals surface area contributed by atoms with E-state index in [1.807, 2.05) is 48.0 Å². The molecule has 3 N–H and O–H groups in total. The molecule has 0 spiro atoms. The molecule has 3 amide bonds. The van der Waals surface area contributed by atoms with Crippen LogP contribution in [0.5, 0.6) is 0 Å². The number of hydrogen-bond donors (Lipinski definition) is 3. The fraction of sp³-hybridized carbons (Fsp3) is 0.200. The summed E-state index contributed by atoms with van der Waals surface area (Å²) in [5, 5.41) is 8.87. The first kappa shape index (κ1) is 20.6. The minimum atomic E-state index is -0.697. The van der Waals surface area contributed by atoms with Gasteiger partial charge in [0.2, 0.25) is 11.8 Å². The molecule has 0 saturated heterocycles. The van der Waals surface area contributed by atoms with Crippen molar-refractivity contribution >= 4 is 45.1 Å². The second kappa shape index (κ2) is 8.11. The van der Waals surface area contributed by atoms with Crippen LogP contribution in [0.3, 0.4) is 0 Å². The molecule has 1 atom stereocenters. The van der Waals surface area contributed by atoms with E-state index < -0.39 is 6.04 Å². The summed E-state index contributed by atoms with van der Waals surface area (Å²) < 4.78 is 0. The van der Waals surface area contributed by atoms with E-state index in [4.69, 9.17) is 0 Å². The van der Waals surface area contributed by atoms with E-state index in [-0.39, 0.29) is 30.3 Å². The van der Waals surface area contributed by atoms with Crippen LogP contribution in [0, 0.1) is 0 Å². The standard InChI is InChI=1S/C25H21N5O3S/c31-21(29-25-28-20(13-34-25)18-11-26-19-8-4-3-5-15(18)19)12-27-23(32)22-16-6-1-2-7-17(16)24(33)30(22)14-9-10-14/h1-8,11,13-14,22,26H,9-10,12H2,(H,27,32)(H,28,29,31). The Bertz CT molecular complexity index is 1440. The Labute approximate surface area is 199 Å². The zero-order chi connectivity index (χ0) is 23.2. The van der Waals surface area contributed by atoms with Crippen molar-refractivity contribution < 1.29 is 14.4 Å². The van der Waals surface area contributed by atoms with Crippen molar-refractivity contribution in [3.63, 3.8) is 0 Å². The number of aromatic amines is 1. The lowest BCUT2D eigenvalue weighted by Crippen LogP contribution is -2.42. The van der Waals surface area contributed by atoms with Crippen molar-refractivity contribution in [2.75, 3.05) is 11.9 Å². The van der Waals surface area contributed by atoms with Gasteiger partial charge in [-0.15, -0.1) is 11.3 Å². The molecule has 2 aliphatic rings. The normalized spacial score (nSPS) is 17.1. The topological polar surface area (TPSA) is 107 Å². The van der Waals surface area contributed by atoms with Gasteiger partial charge in [-0.05, 0) is 30.5 Å². The number of nitrogens with zero attached hydrogens (tertiary/aromatic N) is 2. The van der Waals surface area contributed by atoms with Crippen LogP contribution in [0.2, 0.25) is 0 Å². The maximum Gasteiger partial charge on any atom is 0.255 e. The fourth-order valence-electron chi connectivity index (χ4n) is 4.50. The zero-order valence-corrected chi connectivity index (χ0v) is 18.9. The van der Waals surface area contributed by atoms with Crippen LogP contribution in [0.25, 0.3) is 22.2 Å². The minimum Gasteiger partial charge on any atom is -0.360 e. The van der Waals surface area contributed by atoms with Gasteiger partial charge >= 0.3 is 0 Å². The number of aromatic nitrogens is 2. The van der Waals surface area contributed by atoms with E-state index in [1.165, 1.54) is 11.3 Å².